The molecule has 116 valence electrons. The zero-order chi connectivity index (χ0) is 14.5. The van der Waals surface area contributed by atoms with Crippen LogP contribution in [0.5, 0.6) is 0 Å². The van der Waals surface area contributed by atoms with Crippen molar-refractivity contribution in [2.45, 2.75) is 45.3 Å². The van der Waals surface area contributed by atoms with Crippen LogP contribution in [0.4, 0.5) is 0 Å². The Labute approximate surface area is 121 Å². The van der Waals surface area contributed by atoms with Crippen molar-refractivity contribution in [1.29, 1.82) is 0 Å². The summed E-state index contributed by atoms with van der Waals surface area (Å²) in [5.74, 6) is -0.0185. The molecule has 0 radical (unpaired) electrons. The SMILES string of the molecule is CC(C)CN1CCOC(CN2CCCCC2C(=O)O)C1. The number of carbonyl (C=O) groups is 1. The van der Waals surface area contributed by atoms with Gasteiger partial charge >= 0.3 is 5.97 Å². The highest BCUT2D eigenvalue weighted by Crippen LogP contribution is 2.19. The normalized spacial score (nSPS) is 29.8. The summed E-state index contributed by atoms with van der Waals surface area (Å²) in [7, 11) is 0. The minimum Gasteiger partial charge on any atom is -0.480 e. The van der Waals surface area contributed by atoms with Crippen LogP contribution in [-0.2, 0) is 9.53 Å². The molecule has 2 atom stereocenters. The first-order valence-corrected chi connectivity index (χ1v) is 7.87. The van der Waals surface area contributed by atoms with E-state index in [-0.39, 0.29) is 12.1 Å². The molecule has 0 aromatic rings. The van der Waals surface area contributed by atoms with Crippen molar-refractivity contribution in [2.24, 2.45) is 5.92 Å². The summed E-state index contributed by atoms with van der Waals surface area (Å²) in [6, 6.07) is -0.312. The number of morpholine rings is 1. The van der Waals surface area contributed by atoms with E-state index in [1.54, 1.807) is 0 Å². The maximum absolute atomic E-state index is 11.3. The number of carboxylic acids is 1. The zero-order valence-corrected chi connectivity index (χ0v) is 12.8. The molecule has 0 amide bonds. The number of aliphatic carboxylic acids is 1. The van der Waals surface area contributed by atoms with Crippen LogP contribution in [-0.4, -0.2) is 72.4 Å². The highest BCUT2D eigenvalue weighted by Gasteiger charge is 2.31. The smallest absolute Gasteiger partial charge is 0.320 e. The Balaban J connectivity index is 1.86. The molecule has 2 aliphatic heterocycles. The third kappa shape index (κ3) is 4.43. The first-order chi connectivity index (χ1) is 9.56. The van der Waals surface area contributed by atoms with Crippen LogP contribution in [0.3, 0.4) is 0 Å². The van der Waals surface area contributed by atoms with Gasteiger partial charge in [-0.1, -0.05) is 20.3 Å². The molecule has 0 spiro atoms. The van der Waals surface area contributed by atoms with E-state index in [0.29, 0.717) is 5.92 Å². The van der Waals surface area contributed by atoms with Gasteiger partial charge in [0.05, 0.1) is 12.7 Å². The molecule has 0 aromatic carbocycles. The number of hydrogen-bond donors (Lipinski definition) is 1. The Bertz CT molecular complexity index is 322. The van der Waals surface area contributed by atoms with E-state index < -0.39 is 5.97 Å². The maximum atomic E-state index is 11.3. The fraction of sp³-hybridized carbons (Fsp3) is 0.933. The Hall–Kier alpha value is -0.650. The van der Waals surface area contributed by atoms with Crippen LogP contribution in [0.2, 0.25) is 0 Å². The van der Waals surface area contributed by atoms with Gasteiger partial charge < -0.3 is 9.84 Å². The first-order valence-electron chi connectivity index (χ1n) is 7.87. The van der Waals surface area contributed by atoms with Crippen molar-refractivity contribution >= 4 is 5.97 Å². The van der Waals surface area contributed by atoms with E-state index >= 15 is 0 Å². The summed E-state index contributed by atoms with van der Waals surface area (Å²) < 4.78 is 5.84. The van der Waals surface area contributed by atoms with Crippen LogP contribution in [0.25, 0.3) is 0 Å². The van der Waals surface area contributed by atoms with Crippen molar-refractivity contribution in [1.82, 2.24) is 9.80 Å². The van der Waals surface area contributed by atoms with E-state index in [2.05, 4.69) is 23.6 Å². The van der Waals surface area contributed by atoms with E-state index in [1.165, 1.54) is 0 Å². The highest BCUT2D eigenvalue weighted by atomic mass is 16.5. The van der Waals surface area contributed by atoms with Crippen molar-refractivity contribution in [2.75, 3.05) is 39.3 Å². The minimum absolute atomic E-state index is 0.155. The van der Waals surface area contributed by atoms with Crippen molar-refractivity contribution in [3.05, 3.63) is 0 Å². The zero-order valence-electron chi connectivity index (χ0n) is 12.8. The topological polar surface area (TPSA) is 53.0 Å². The third-order valence-corrected chi connectivity index (χ3v) is 4.18. The van der Waals surface area contributed by atoms with Crippen LogP contribution in [0.1, 0.15) is 33.1 Å². The molecular weight excluding hydrogens is 256 g/mol. The van der Waals surface area contributed by atoms with Crippen molar-refractivity contribution < 1.29 is 14.6 Å². The van der Waals surface area contributed by atoms with Crippen molar-refractivity contribution in [3.63, 3.8) is 0 Å². The largest absolute Gasteiger partial charge is 0.480 e. The van der Waals surface area contributed by atoms with E-state index in [0.717, 1.165) is 58.6 Å². The molecule has 2 aliphatic rings. The average molecular weight is 284 g/mol. The number of carboxylic acid groups (broad SMARTS) is 1. The van der Waals surface area contributed by atoms with E-state index in [9.17, 15) is 9.90 Å². The molecule has 0 bridgehead atoms. The Morgan fingerprint density at radius 3 is 2.85 bits per heavy atom. The molecule has 2 fully saturated rings. The molecule has 20 heavy (non-hydrogen) atoms. The van der Waals surface area contributed by atoms with Gasteiger partial charge in [-0.25, -0.2) is 0 Å². The average Bonchev–Trinajstić information content (AvgIpc) is 2.38. The molecule has 0 aliphatic carbocycles. The Morgan fingerprint density at radius 1 is 1.35 bits per heavy atom. The molecule has 2 heterocycles. The number of ether oxygens (including phenoxy) is 1. The van der Waals surface area contributed by atoms with Gasteiger partial charge in [-0.05, 0) is 25.3 Å². The minimum atomic E-state index is -0.681. The van der Waals surface area contributed by atoms with E-state index in [1.807, 2.05) is 0 Å². The number of hydrogen-bond acceptors (Lipinski definition) is 4. The second-order valence-electron chi connectivity index (χ2n) is 6.49. The first kappa shape index (κ1) is 15.7. The highest BCUT2D eigenvalue weighted by molar-refractivity contribution is 5.73. The van der Waals surface area contributed by atoms with Crippen LogP contribution in [0, 0.1) is 5.92 Å². The summed E-state index contributed by atoms with van der Waals surface area (Å²) in [6.45, 7) is 9.90. The number of nitrogens with zero attached hydrogens (tertiary/aromatic N) is 2. The van der Waals surface area contributed by atoms with Gasteiger partial charge in [0.25, 0.3) is 0 Å². The Kier molecular flexibility index (Phi) is 5.81. The molecule has 2 unspecified atom stereocenters. The molecule has 5 nitrogen and oxygen atoms in total. The predicted octanol–water partition coefficient (Wildman–Crippen LogP) is 1.28. The molecule has 5 heteroatoms. The fourth-order valence-electron chi connectivity index (χ4n) is 3.32. The number of likely N-dealkylation sites (tertiary alicyclic amines) is 1. The lowest BCUT2D eigenvalue weighted by Crippen LogP contribution is -2.53. The fourth-order valence-corrected chi connectivity index (χ4v) is 3.32. The summed E-state index contributed by atoms with van der Waals surface area (Å²) in [5.41, 5.74) is 0. The van der Waals surface area contributed by atoms with Crippen molar-refractivity contribution in [3.8, 4) is 0 Å². The summed E-state index contributed by atoms with van der Waals surface area (Å²) in [5, 5.41) is 9.32. The van der Waals surface area contributed by atoms with Gasteiger partial charge in [0.15, 0.2) is 0 Å². The Morgan fingerprint density at radius 2 is 2.15 bits per heavy atom. The standard InChI is InChI=1S/C15H28N2O3/c1-12(2)9-16-7-8-20-13(10-16)11-17-6-4-3-5-14(17)15(18)19/h12-14H,3-11H2,1-2H3,(H,18,19). The molecule has 2 saturated heterocycles. The number of piperidine rings is 1. The van der Waals surface area contributed by atoms with Gasteiger partial charge in [-0.2, -0.15) is 0 Å². The molecule has 1 N–H and O–H groups in total. The second kappa shape index (κ2) is 7.38. The van der Waals surface area contributed by atoms with Crippen LogP contribution in [0.15, 0.2) is 0 Å². The summed E-state index contributed by atoms with van der Waals surface area (Å²) >= 11 is 0. The summed E-state index contributed by atoms with van der Waals surface area (Å²) in [4.78, 5) is 15.9. The lowest BCUT2D eigenvalue weighted by molar-refractivity contribution is -0.146. The lowest BCUT2D eigenvalue weighted by Gasteiger charge is -2.39. The van der Waals surface area contributed by atoms with Gasteiger partial charge in [-0.15, -0.1) is 0 Å². The molecule has 0 saturated carbocycles. The molecule has 2 rings (SSSR count). The van der Waals surface area contributed by atoms with Gasteiger partial charge in [0.1, 0.15) is 6.04 Å². The lowest BCUT2D eigenvalue weighted by atomic mass is 10.0. The second-order valence-corrected chi connectivity index (χ2v) is 6.49. The summed E-state index contributed by atoms with van der Waals surface area (Å²) in [6.07, 6.45) is 3.06. The van der Waals surface area contributed by atoms with Gasteiger partial charge in [-0.3, -0.25) is 14.6 Å². The van der Waals surface area contributed by atoms with Gasteiger partial charge in [0, 0.05) is 26.2 Å². The molecule has 0 aromatic heterocycles. The maximum Gasteiger partial charge on any atom is 0.320 e. The molecular formula is C15H28N2O3. The van der Waals surface area contributed by atoms with Crippen LogP contribution >= 0.6 is 0 Å². The predicted molar refractivity (Wildman–Crippen MR) is 77.9 cm³/mol. The van der Waals surface area contributed by atoms with Crippen LogP contribution < -0.4 is 0 Å². The van der Waals surface area contributed by atoms with Gasteiger partial charge in [0.2, 0.25) is 0 Å². The third-order valence-electron chi connectivity index (χ3n) is 4.18. The quantitative estimate of drug-likeness (QED) is 0.824. The monoisotopic (exact) mass is 284 g/mol. The number of rotatable bonds is 5. The van der Waals surface area contributed by atoms with E-state index in [4.69, 9.17) is 4.74 Å².